The first-order valence-electron chi connectivity index (χ1n) is 22.4. The first-order valence-corrected chi connectivity index (χ1v) is 26.2. The fraction of sp³-hybridized carbons (Fsp3) is 0.167. The summed E-state index contributed by atoms with van der Waals surface area (Å²) in [4.78, 5) is 55.3. The Morgan fingerprint density at radius 2 is 1.24 bits per heavy atom. The number of fused-ring (bicyclic) bond motifs is 1. The number of hydrazine groups is 1. The number of β-lactam (4-membered cyclic amide) rings is 1. The van der Waals surface area contributed by atoms with E-state index >= 15 is 4.79 Å². The van der Waals surface area contributed by atoms with E-state index in [1.54, 1.807) is 5.51 Å². The Labute approximate surface area is 421 Å². The van der Waals surface area contributed by atoms with Gasteiger partial charge in [0.1, 0.15) is 21.7 Å². The van der Waals surface area contributed by atoms with Gasteiger partial charge < -0.3 is 25.3 Å². The van der Waals surface area contributed by atoms with Crippen LogP contribution >= 0.6 is 46.6 Å². The Bertz CT molecular complexity index is 2830. The van der Waals surface area contributed by atoms with E-state index in [-0.39, 0.29) is 24.6 Å². The van der Waals surface area contributed by atoms with Crippen LogP contribution in [0.15, 0.2) is 208 Å². The van der Waals surface area contributed by atoms with Crippen LogP contribution < -0.4 is 10.7 Å². The van der Waals surface area contributed by atoms with E-state index in [1.165, 1.54) is 39.8 Å². The summed E-state index contributed by atoms with van der Waals surface area (Å²) >= 11 is 5.11. The lowest BCUT2D eigenvalue weighted by Gasteiger charge is -2.53. The summed E-state index contributed by atoms with van der Waals surface area (Å²) in [6.45, 7) is -0.436. The molecule has 352 valence electrons. The average molecular weight is 1000 g/mol. The number of carboxylic acid groups (broad SMARTS) is 1. The molecule has 2 saturated heterocycles. The number of aliphatic hydroxyl groups excluding tert-OH is 1. The topological polar surface area (TPSA) is 157 Å². The van der Waals surface area contributed by atoms with Gasteiger partial charge in [-0.1, -0.05) is 199 Å². The van der Waals surface area contributed by atoms with Crippen molar-refractivity contribution in [2.24, 2.45) is 5.16 Å². The second-order valence-electron chi connectivity index (χ2n) is 16.8. The molecule has 2 fully saturated rings. The van der Waals surface area contributed by atoms with Crippen molar-refractivity contribution in [1.82, 2.24) is 25.6 Å². The molecule has 0 radical (unpaired) electrons. The highest BCUT2D eigenvalue weighted by Crippen LogP contribution is 2.48. The van der Waals surface area contributed by atoms with Crippen LogP contribution in [0.5, 0.6) is 0 Å². The largest absolute Gasteiger partial charge is 0.480 e. The minimum absolute atomic E-state index is 0.0861. The van der Waals surface area contributed by atoms with Crippen LogP contribution in [0.1, 0.15) is 39.1 Å². The number of nitrogens with zero attached hydrogens (tertiary/aromatic N) is 4. The van der Waals surface area contributed by atoms with Gasteiger partial charge in [-0.15, -0.1) is 34.9 Å². The van der Waals surface area contributed by atoms with Gasteiger partial charge in [-0.25, -0.2) is 10.4 Å². The minimum atomic E-state index is -1.40. The third-order valence-electron chi connectivity index (χ3n) is 12.7. The molecule has 4 N–H and O–H groups in total. The summed E-state index contributed by atoms with van der Waals surface area (Å²) in [6.07, 6.45) is 0. The summed E-state index contributed by atoms with van der Waals surface area (Å²) < 4.78 is -0.823. The number of carbonyl (C=O) groups is 3. The van der Waals surface area contributed by atoms with E-state index in [4.69, 9.17) is 9.99 Å². The molecule has 1 aromatic heterocycles. The van der Waals surface area contributed by atoms with Gasteiger partial charge in [0, 0.05) is 34.4 Å². The van der Waals surface area contributed by atoms with Crippen molar-refractivity contribution in [2.45, 2.75) is 38.1 Å². The molecule has 7 aromatic rings. The van der Waals surface area contributed by atoms with Crippen LogP contribution in [0.4, 0.5) is 0 Å². The number of hydrogen-bond acceptors (Lipinski definition) is 13. The molecule has 0 aliphatic carbocycles. The van der Waals surface area contributed by atoms with Gasteiger partial charge in [-0.05, 0) is 16.7 Å². The third kappa shape index (κ3) is 8.69. The predicted molar refractivity (Wildman–Crippen MR) is 277 cm³/mol. The average Bonchev–Trinajstić information content (AvgIpc) is 4.08. The lowest BCUT2D eigenvalue weighted by molar-refractivity contribution is -0.151. The maximum atomic E-state index is 15.4. The predicted octanol–water partition coefficient (Wildman–Crippen LogP) is 8.66. The van der Waals surface area contributed by atoms with Gasteiger partial charge in [0.15, 0.2) is 5.71 Å². The number of oxime groups is 1. The molecule has 4 heterocycles. The number of carboxylic acids is 1. The van der Waals surface area contributed by atoms with E-state index < -0.39 is 45.1 Å². The summed E-state index contributed by atoms with van der Waals surface area (Å²) in [5.41, 5.74) is 9.01. The van der Waals surface area contributed by atoms with E-state index in [0.717, 1.165) is 45.1 Å². The molecular formula is C54H46N6O6S4. The number of aliphatic hydroxyl groups is 1. The quantitative estimate of drug-likeness (QED) is 0.0299. The van der Waals surface area contributed by atoms with E-state index in [2.05, 4.69) is 52.1 Å². The fourth-order valence-electron chi connectivity index (χ4n) is 9.18. The van der Waals surface area contributed by atoms with Crippen molar-refractivity contribution >= 4 is 70.1 Å². The number of rotatable bonds is 17. The van der Waals surface area contributed by atoms with Gasteiger partial charge in [0.2, 0.25) is 11.5 Å². The standard InChI is InChI=1S/C54H46N6O6S4/c61-31-43-50(69-35-55-43)70-52(51(64)65)33-59-48(63)46(49(59)68-34-52)56-47(62)45(57-66-54(40-25-13-4-14-26-40,41-27-15-5-16-28-41)42-29-17-6-18-30-42)44-32-67-36-60(44)58-53(37-19-7-1-8-20-37,38-21-9-2-10-22-38)39-23-11-3-12-24-39/h1-30,32,35,46,49,58,61H,31,33-34,36H2,(H,56,62)(H,64,65)/t46-,49-,52?/m1/s1. The molecule has 6 aromatic carbocycles. The lowest BCUT2D eigenvalue weighted by Crippen LogP contribution is -2.75. The monoisotopic (exact) mass is 1000 g/mol. The Morgan fingerprint density at radius 1 is 0.757 bits per heavy atom. The third-order valence-corrected chi connectivity index (χ3v) is 17.6. The molecule has 10 rings (SSSR count). The van der Waals surface area contributed by atoms with Crippen LogP contribution in [-0.4, -0.2) is 82.9 Å². The molecule has 3 atom stereocenters. The number of amides is 2. The number of benzene rings is 6. The Kier molecular flexibility index (Phi) is 13.7. The molecule has 2 amide bonds. The van der Waals surface area contributed by atoms with E-state index in [0.29, 0.717) is 21.5 Å². The van der Waals surface area contributed by atoms with Crippen LogP contribution in [0.25, 0.3) is 0 Å². The van der Waals surface area contributed by atoms with Gasteiger partial charge in [0.05, 0.1) is 33.6 Å². The Hall–Kier alpha value is -6.66. The van der Waals surface area contributed by atoms with Gasteiger partial charge in [0.25, 0.3) is 5.91 Å². The molecule has 0 saturated carbocycles. The zero-order valence-corrected chi connectivity index (χ0v) is 40.7. The molecule has 3 aliphatic rings. The summed E-state index contributed by atoms with van der Waals surface area (Å²) in [7, 11) is 0. The van der Waals surface area contributed by atoms with Gasteiger partial charge >= 0.3 is 5.97 Å². The molecule has 12 nitrogen and oxygen atoms in total. The zero-order valence-electron chi connectivity index (χ0n) is 37.4. The van der Waals surface area contributed by atoms with Crippen molar-refractivity contribution in [3.63, 3.8) is 0 Å². The number of hydrogen-bond donors (Lipinski definition) is 4. The van der Waals surface area contributed by atoms with E-state index in [9.17, 15) is 19.8 Å². The highest BCUT2D eigenvalue weighted by Gasteiger charge is 2.58. The SMILES string of the molecule is O=C(N[C@@H]1C(=O)N2CC(Sc3scnc3CO)(C(=O)O)CS[C@H]12)C(=NOC(c1ccccc1)(c1ccccc1)c1ccccc1)C1=CSCN1NC(c1ccccc1)(c1ccccc1)c1ccccc1. The first kappa shape index (κ1) is 47.0. The smallest absolute Gasteiger partial charge is 0.322 e. The number of carbonyl (C=O) groups excluding carboxylic acids is 2. The second-order valence-corrected chi connectivity index (χ2v) is 21.2. The minimum Gasteiger partial charge on any atom is -0.480 e. The summed E-state index contributed by atoms with van der Waals surface area (Å²) in [5.74, 6) is -1.65. The normalized spacial score (nSPS) is 19.2. The molecule has 70 heavy (non-hydrogen) atoms. The first-order chi connectivity index (χ1) is 34.3. The molecule has 1 unspecified atom stereocenters. The highest BCUT2D eigenvalue weighted by atomic mass is 32.2. The van der Waals surface area contributed by atoms with Crippen molar-refractivity contribution in [2.75, 3.05) is 18.2 Å². The van der Waals surface area contributed by atoms with Crippen LogP contribution in [-0.2, 0) is 37.0 Å². The number of thioether (sulfide) groups is 3. The van der Waals surface area contributed by atoms with E-state index in [1.807, 2.05) is 156 Å². The van der Waals surface area contributed by atoms with Crippen molar-refractivity contribution in [1.29, 1.82) is 0 Å². The van der Waals surface area contributed by atoms with Crippen LogP contribution in [0.2, 0.25) is 0 Å². The molecule has 0 spiro atoms. The van der Waals surface area contributed by atoms with Gasteiger partial charge in [-0.2, -0.15) is 0 Å². The number of aromatic nitrogens is 1. The maximum absolute atomic E-state index is 15.4. The van der Waals surface area contributed by atoms with Crippen molar-refractivity contribution < 1.29 is 29.4 Å². The van der Waals surface area contributed by atoms with Crippen molar-refractivity contribution in [3.8, 4) is 0 Å². The number of aliphatic carboxylic acids is 1. The fourth-order valence-corrected chi connectivity index (χ4v) is 14.0. The van der Waals surface area contributed by atoms with Crippen LogP contribution in [0.3, 0.4) is 0 Å². The molecule has 16 heteroatoms. The number of thiazole rings is 1. The molecule has 3 aliphatic heterocycles. The van der Waals surface area contributed by atoms with Crippen molar-refractivity contribution in [3.05, 3.63) is 238 Å². The molecular weight excluding hydrogens is 957 g/mol. The second kappa shape index (κ2) is 20.4. The lowest BCUT2D eigenvalue weighted by atomic mass is 9.77. The van der Waals surface area contributed by atoms with Crippen LogP contribution in [0, 0.1) is 0 Å². The number of nitrogens with one attached hydrogen (secondary N) is 2. The zero-order chi connectivity index (χ0) is 48.1. The molecule has 0 bridgehead atoms. The summed E-state index contributed by atoms with van der Waals surface area (Å²) in [5, 5.41) is 31.7. The highest BCUT2D eigenvalue weighted by molar-refractivity contribution is 8.06. The Balaban J connectivity index is 1.06. The van der Waals surface area contributed by atoms with Gasteiger partial charge in [-0.3, -0.25) is 19.4 Å². The maximum Gasteiger partial charge on any atom is 0.322 e. The summed E-state index contributed by atoms with van der Waals surface area (Å²) in [6, 6.07) is 58.7. The Morgan fingerprint density at radius 3 is 1.71 bits per heavy atom.